The number of carboxylic acid groups (broad SMARTS) is 1. The molecule has 0 aromatic carbocycles. The summed E-state index contributed by atoms with van der Waals surface area (Å²) in [7, 11) is 0. The van der Waals surface area contributed by atoms with Crippen molar-refractivity contribution in [1.29, 1.82) is 0 Å². The van der Waals surface area contributed by atoms with E-state index in [2.05, 4.69) is 15.1 Å². The minimum Gasteiger partial charge on any atom is -0.479 e. The van der Waals surface area contributed by atoms with E-state index < -0.39 is 12.6 Å². The SMILES string of the molecule is O=C(O)COc1cc(-c2ncccn2)n(O)n1. The van der Waals surface area contributed by atoms with Gasteiger partial charge in [-0.25, -0.2) is 14.8 Å². The zero-order chi connectivity index (χ0) is 12.3. The zero-order valence-corrected chi connectivity index (χ0v) is 8.52. The van der Waals surface area contributed by atoms with Gasteiger partial charge in [-0.15, -0.1) is 0 Å². The largest absolute Gasteiger partial charge is 0.479 e. The third-order valence-corrected chi connectivity index (χ3v) is 1.81. The second kappa shape index (κ2) is 4.47. The molecule has 8 heteroatoms. The second-order valence-electron chi connectivity index (χ2n) is 3.01. The Labute approximate surface area is 95.1 Å². The first-order valence-electron chi connectivity index (χ1n) is 4.58. The van der Waals surface area contributed by atoms with E-state index >= 15 is 0 Å². The van der Waals surface area contributed by atoms with Gasteiger partial charge in [-0.05, 0) is 6.07 Å². The average molecular weight is 236 g/mol. The third-order valence-electron chi connectivity index (χ3n) is 1.81. The highest BCUT2D eigenvalue weighted by Crippen LogP contribution is 2.18. The summed E-state index contributed by atoms with van der Waals surface area (Å²) in [5.41, 5.74) is 0.214. The summed E-state index contributed by atoms with van der Waals surface area (Å²) in [5.74, 6) is -0.889. The van der Waals surface area contributed by atoms with Crippen LogP contribution in [0.25, 0.3) is 11.5 Å². The van der Waals surface area contributed by atoms with Crippen LogP contribution in [0.2, 0.25) is 0 Å². The molecule has 0 unspecified atom stereocenters. The summed E-state index contributed by atoms with van der Waals surface area (Å²) in [5, 5.41) is 21.4. The highest BCUT2D eigenvalue weighted by Gasteiger charge is 2.13. The number of hydrogen-bond acceptors (Lipinski definition) is 6. The highest BCUT2D eigenvalue weighted by molar-refractivity contribution is 5.68. The first kappa shape index (κ1) is 10.9. The number of hydrogen-bond donors (Lipinski definition) is 2. The van der Waals surface area contributed by atoms with Crippen LogP contribution in [0.3, 0.4) is 0 Å². The minimum atomic E-state index is -1.13. The summed E-state index contributed by atoms with van der Waals surface area (Å²) in [6, 6.07) is 2.97. The Morgan fingerprint density at radius 1 is 1.41 bits per heavy atom. The van der Waals surface area contributed by atoms with Crippen molar-refractivity contribution in [2.75, 3.05) is 6.61 Å². The van der Waals surface area contributed by atoms with E-state index in [1.807, 2.05) is 0 Å². The molecule has 0 aliphatic heterocycles. The third kappa shape index (κ3) is 2.48. The van der Waals surface area contributed by atoms with Gasteiger partial charge in [-0.3, -0.25) is 0 Å². The standard InChI is InChI=1S/C9H8N4O4/c14-8(15)5-17-7-4-6(13(16)12-7)9-10-2-1-3-11-9/h1-4,16H,5H2,(H,14,15). The number of carboxylic acids is 1. The molecule has 0 bridgehead atoms. The van der Waals surface area contributed by atoms with E-state index in [0.717, 1.165) is 0 Å². The molecular formula is C9H8N4O4. The predicted octanol–water partition coefficient (Wildman–Crippen LogP) is 0.0408. The van der Waals surface area contributed by atoms with Crippen LogP contribution in [0.4, 0.5) is 0 Å². The minimum absolute atomic E-state index is 0.0163. The average Bonchev–Trinajstić information content (AvgIpc) is 2.69. The Morgan fingerprint density at radius 3 is 2.76 bits per heavy atom. The molecule has 17 heavy (non-hydrogen) atoms. The molecular weight excluding hydrogens is 228 g/mol. The van der Waals surface area contributed by atoms with Crippen LogP contribution in [0.1, 0.15) is 0 Å². The van der Waals surface area contributed by atoms with Gasteiger partial charge >= 0.3 is 5.97 Å². The Morgan fingerprint density at radius 2 is 2.12 bits per heavy atom. The Bertz CT molecular complexity index is 525. The monoisotopic (exact) mass is 236 g/mol. The lowest BCUT2D eigenvalue weighted by Crippen LogP contribution is -2.09. The van der Waals surface area contributed by atoms with Crippen molar-refractivity contribution in [3.05, 3.63) is 24.5 Å². The topological polar surface area (TPSA) is 110 Å². The first-order chi connectivity index (χ1) is 8.16. The van der Waals surface area contributed by atoms with Gasteiger partial charge in [-0.1, -0.05) is 9.94 Å². The molecule has 0 spiro atoms. The number of nitrogens with zero attached hydrogens (tertiary/aromatic N) is 4. The van der Waals surface area contributed by atoms with Crippen molar-refractivity contribution in [3.8, 4) is 17.4 Å². The molecule has 0 saturated heterocycles. The van der Waals surface area contributed by atoms with Crippen LogP contribution >= 0.6 is 0 Å². The van der Waals surface area contributed by atoms with E-state index in [-0.39, 0.29) is 17.4 Å². The maximum atomic E-state index is 10.3. The van der Waals surface area contributed by atoms with E-state index in [4.69, 9.17) is 9.84 Å². The van der Waals surface area contributed by atoms with Gasteiger partial charge in [-0.2, -0.15) is 0 Å². The summed E-state index contributed by atoms with van der Waals surface area (Å²) >= 11 is 0. The van der Waals surface area contributed by atoms with Gasteiger partial charge in [0.2, 0.25) is 5.88 Å². The molecule has 0 aliphatic rings. The lowest BCUT2D eigenvalue weighted by Gasteiger charge is -1.95. The zero-order valence-electron chi connectivity index (χ0n) is 8.52. The molecule has 0 saturated carbocycles. The lowest BCUT2D eigenvalue weighted by atomic mass is 10.4. The van der Waals surface area contributed by atoms with E-state index in [9.17, 15) is 10.0 Å². The number of rotatable bonds is 4. The van der Waals surface area contributed by atoms with Crippen LogP contribution < -0.4 is 4.74 Å². The van der Waals surface area contributed by atoms with Crippen molar-refractivity contribution in [1.82, 2.24) is 19.9 Å². The molecule has 2 aromatic rings. The smallest absolute Gasteiger partial charge is 0.341 e. The summed E-state index contributed by atoms with van der Waals surface area (Å²) in [4.78, 5) is 18.7. The van der Waals surface area contributed by atoms with Crippen molar-refractivity contribution in [3.63, 3.8) is 0 Å². The Kier molecular flexibility index (Phi) is 2.86. The maximum Gasteiger partial charge on any atom is 0.341 e. The summed E-state index contributed by atoms with van der Waals surface area (Å²) < 4.78 is 4.80. The molecule has 0 radical (unpaired) electrons. The fraction of sp³-hybridized carbons (Fsp3) is 0.111. The van der Waals surface area contributed by atoms with Gasteiger partial charge in [0.1, 0.15) is 0 Å². The number of aliphatic carboxylic acids is 1. The molecule has 2 rings (SSSR count). The van der Waals surface area contributed by atoms with E-state index in [1.165, 1.54) is 18.5 Å². The second-order valence-corrected chi connectivity index (χ2v) is 3.01. The lowest BCUT2D eigenvalue weighted by molar-refractivity contribution is -0.139. The molecule has 0 aliphatic carbocycles. The normalized spacial score (nSPS) is 10.1. The first-order valence-corrected chi connectivity index (χ1v) is 4.58. The Balaban J connectivity index is 2.22. The van der Waals surface area contributed by atoms with Gasteiger partial charge in [0.25, 0.3) is 0 Å². The number of carbonyl (C=O) groups is 1. The van der Waals surface area contributed by atoms with Crippen molar-refractivity contribution in [2.24, 2.45) is 0 Å². The maximum absolute atomic E-state index is 10.3. The van der Waals surface area contributed by atoms with Crippen molar-refractivity contribution < 1.29 is 19.8 Å². The molecule has 2 aromatic heterocycles. The molecule has 8 nitrogen and oxygen atoms in total. The van der Waals surface area contributed by atoms with E-state index in [1.54, 1.807) is 6.07 Å². The van der Waals surface area contributed by atoms with Crippen LogP contribution in [0.15, 0.2) is 24.5 Å². The quantitative estimate of drug-likeness (QED) is 0.721. The molecule has 0 atom stereocenters. The van der Waals surface area contributed by atoms with Crippen LogP contribution in [-0.4, -0.2) is 42.8 Å². The number of ether oxygens (including phenoxy) is 1. The van der Waals surface area contributed by atoms with Crippen molar-refractivity contribution >= 4 is 5.97 Å². The fourth-order valence-corrected chi connectivity index (χ4v) is 1.14. The fourth-order valence-electron chi connectivity index (χ4n) is 1.14. The van der Waals surface area contributed by atoms with E-state index in [0.29, 0.717) is 4.85 Å². The van der Waals surface area contributed by atoms with Crippen LogP contribution in [-0.2, 0) is 4.79 Å². The highest BCUT2D eigenvalue weighted by atomic mass is 16.5. The molecule has 0 fully saturated rings. The predicted molar refractivity (Wildman–Crippen MR) is 53.6 cm³/mol. The van der Waals surface area contributed by atoms with Crippen LogP contribution in [0, 0.1) is 0 Å². The van der Waals surface area contributed by atoms with Gasteiger partial charge in [0, 0.05) is 18.5 Å². The van der Waals surface area contributed by atoms with Gasteiger partial charge in [0.05, 0.1) is 0 Å². The summed E-state index contributed by atoms with van der Waals surface area (Å²) in [6.07, 6.45) is 3.01. The van der Waals surface area contributed by atoms with Crippen LogP contribution in [0.5, 0.6) is 5.88 Å². The number of aromatic nitrogens is 4. The van der Waals surface area contributed by atoms with Gasteiger partial charge < -0.3 is 15.1 Å². The molecule has 2 N–H and O–H groups in total. The molecule has 0 amide bonds. The van der Waals surface area contributed by atoms with Gasteiger partial charge in [0.15, 0.2) is 18.1 Å². The summed E-state index contributed by atoms with van der Waals surface area (Å²) in [6.45, 7) is -0.536. The molecule has 2 heterocycles. The van der Waals surface area contributed by atoms with Crippen molar-refractivity contribution in [2.45, 2.75) is 0 Å². The Hall–Kier alpha value is -2.64. The molecule has 88 valence electrons.